The maximum absolute atomic E-state index is 10.9. The highest BCUT2D eigenvalue weighted by molar-refractivity contribution is 5.76. The van der Waals surface area contributed by atoms with Gasteiger partial charge in [0.05, 0.1) is 13.2 Å². The van der Waals surface area contributed by atoms with Crippen molar-refractivity contribution in [1.29, 1.82) is 0 Å². The van der Waals surface area contributed by atoms with Crippen molar-refractivity contribution < 1.29 is 14.3 Å². The number of carbonyl (C=O) groups is 1. The summed E-state index contributed by atoms with van der Waals surface area (Å²) in [6, 6.07) is 5.75. The number of methoxy groups -OCH3 is 1. The van der Waals surface area contributed by atoms with Gasteiger partial charge in [0.2, 0.25) is 0 Å². The zero-order valence-electron chi connectivity index (χ0n) is 10.1. The summed E-state index contributed by atoms with van der Waals surface area (Å²) in [4.78, 5) is 10.9. The van der Waals surface area contributed by atoms with Crippen LogP contribution in [-0.2, 0) is 16.0 Å². The van der Waals surface area contributed by atoms with Gasteiger partial charge in [-0.25, -0.2) is 0 Å². The van der Waals surface area contributed by atoms with Crippen LogP contribution in [0.2, 0.25) is 0 Å². The van der Waals surface area contributed by atoms with E-state index < -0.39 is 0 Å². The Morgan fingerprint density at radius 3 is 2.94 bits per heavy atom. The molecule has 2 N–H and O–H groups in total. The van der Waals surface area contributed by atoms with Crippen LogP contribution in [0.4, 0.5) is 0 Å². The first-order valence-corrected chi connectivity index (χ1v) is 5.65. The summed E-state index contributed by atoms with van der Waals surface area (Å²) in [5, 5.41) is 0. The minimum absolute atomic E-state index is 0.0131. The molecule has 92 valence electrons. The number of Topliss-reactive ketones (excluding diaryl/α,β-unsaturated/α-hetero) is 1. The molecule has 0 bridgehead atoms. The third-order valence-electron chi connectivity index (χ3n) is 2.97. The van der Waals surface area contributed by atoms with Crippen molar-refractivity contribution in [3.05, 3.63) is 29.3 Å². The van der Waals surface area contributed by atoms with Crippen molar-refractivity contribution in [2.24, 2.45) is 5.73 Å². The number of fused-ring (bicyclic) bond motifs is 1. The normalized spacial score (nSPS) is 22.3. The second kappa shape index (κ2) is 4.85. The Labute approximate surface area is 101 Å². The Bertz CT molecular complexity index is 431. The third kappa shape index (κ3) is 2.48. The van der Waals surface area contributed by atoms with E-state index in [-0.39, 0.29) is 24.5 Å². The lowest BCUT2D eigenvalue weighted by molar-refractivity contribution is -0.123. The number of rotatable bonds is 4. The molecule has 1 aromatic carbocycles. The lowest BCUT2D eigenvalue weighted by atomic mass is 10.1. The molecule has 1 aliphatic carbocycles. The van der Waals surface area contributed by atoms with Crippen LogP contribution in [-0.4, -0.2) is 25.5 Å². The molecule has 0 heterocycles. The first-order valence-electron chi connectivity index (χ1n) is 5.65. The van der Waals surface area contributed by atoms with Gasteiger partial charge in [-0.05, 0) is 36.6 Å². The number of carbonyl (C=O) groups excluding carboxylic acids is 1. The molecule has 0 fully saturated rings. The van der Waals surface area contributed by atoms with Crippen molar-refractivity contribution in [1.82, 2.24) is 0 Å². The Balaban J connectivity index is 2.19. The van der Waals surface area contributed by atoms with Crippen LogP contribution in [0, 0.1) is 0 Å². The Hall–Kier alpha value is -1.39. The van der Waals surface area contributed by atoms with Crippen LogP contribution in [0.15, 0.2) is 18.2 Å². The highest BCUT2D eigenvalue weighted by Crippen LogP contribution is 2.35. The zero-order chi connectivity index (χ0) is 12.4. The standard InChI is InChI=1S/C13H17NO3/c1-8(15)7-17-13-11-4-3-10(16-2)5-9(11)6-12(13)14/h3-5,12-13H,6-7,14H2,1-2H3. The smallest absolute Gasteiger partial charge is 0.155 e. The zero-order valence-corrected chi connectivity index (χ0v) is 10.1. The van der Waals surface area contributed by atoms with Crippen LogP contribution in [0.25, 0.3) is 0 Å². The molecule has 17 heavy (non-hydrogen) atoms. The second-order valence-corrected chi connectivity index (χ2v) is 4.37. The van der Waals surface area contributed by atoms with Gasteiger partial charge in [-0.15, -0.1) is 0 Å². The summed E-state index contributed by atoms with van der Waals surface area (Å²) < 4.78 is 10.7. The number of hydrogen-bond acceptors (Lipinski definition) is 4. The van der Waals surface area contributed by atoms with Gasteiger partial charge in [-0.2, -0.15) is 0 Å². The first-order chi connectivity index (χ1) is 8.11. The van der Waals surface area contributed by atoms with Gasteiger partial charge in [0, 0.05) is 6.04 Å². The molecular weight excluding hydrogens is 218 g/mol. The maximum atomic E-state index is 10.9. The lowest BCUT2D eigenvalue weighted by Crippen LogP contribution is -2.27. The van der Waals surface area contributed by atoms with Gasteiger partial charge in [0.15, 0.2) is 5.78 Å². The summed E-state index contributed by atoms with van der Waals surface area (Å²) in [6.45, 7) is 1.62. The molecule has 1 aliphatic rings. The van der Waals surface area contributed by atoms with E-state index >= 15 is 0 Å². The highest BCUT2D eigenvalue weighted by atomic mass is 16.5. The topological polar surface area (TPSA) is 61.6 Å². The number of ketones is 1. The summed E-state index contributed by atoms with van der Waals surface area (Å²) in [5.41, 5.74) is 8.24. The number of ether oxygens (including phenoxy) is 2. The molecule has 0 aromatic heterocycles. The lowest BCUT2D eigenvalue weighted by Gasteiger charge is -2.16. The van der Waals surface area contributed by atoms with E-state index in [2.05, 4.69) is 0 Å². The minimum Gasteiger partial charge on any atom is -0.497 e. The Morgan fingerprint density at radius 1 is 1.53 bits per heavy atom. The fraction of sp³-hybridized carbons (Fsp3) is 0.462. The fourth-order valence-electron chi connectivity index (χ4n) is 2.18. The molecule has 1 aromatic rings. The maximum Gasteiger partial charge on any atom is 0.155 e. The Kier molecular flexibility index (Phi) is 3.45. The van der Waals surface area contributed by atoms with Crippen LogP contribution in [0.3, 0.4) is 0 Å². The van der Waals surface area contributed by atoms with Crippen LogP contribution >= 0.6 is 0 Å². The average molecular weight is 235 g/mol. The van der Waals surface area contributed by atoms with E-state index in [1.165, 1.54) is 6.92 Å². The molecule has 0 saturated carbocycles. The van der Waals surface area contributed by atoms with Gasteiger partial charge in [-0.3, -0.25) is 4.79 Å². The molecule has 0 radical (unpaired) electrons. The van der Waals surface area contributed by atoms with E-state index in [0.717, 1.165) is 23.3 Å². The summed E-state index contributed by atoms with van der Waals surface area (Å²) >= 11 is 0. The third-order valence-corrected chi connectivity index (χ3v) is 2.97. The van der Waals surface area contributed by atoms with Crippen LogP contribution < -0.4 is 10.5 Å². The summed E-state index contributed by atoms with van der Waals surface area (Å²) in [5.74, 6) is 0.835. The van der Waals surface area contributed by atoms with Gasteiger partial charge in [-0.1, -0.05) is 6.07 Å². The average Bonchev–Trinajstić information content (AvgIpc) is 2.60. The van der Waals surface area contributed by atoms with Crippen LogP contribution in [0.5, 0.6) is 5.75 Å². The molecule has 0 amide bonds. The van der Waals surface area contributed by atoms with Crippen molar-refractivity contribution in [3.63, 3.8) is 0 Å². The van der Waals surface area contributed by atoms with Gasteiger partial charge < -0.3 is 15.2 Å². The molecule has 2 unspecified atom stereocenters. The first kappa shape index (κ1) is 12.1. The predicted molar refractivity (Wildman–Crippen MR) is 64.0 cm³/mol. The molecule has 4 heteroatoms. The van der Waals surface area contributed by atoms with Crippen molar-refractivity contribution >= 4 is 5.78 Å². The largest absolute Gasteiger partial charge is 0.497 e. The highest BCUT2D eigenvalue weighted by Gasteiger charge is 2.31. The summed E-state index contributed by atoms with van der Waals surface area (Å²) in [7, 11) is 1.64. The minimum atomic E-state index is -0.181. The summed E-state index contributed by atoms with van der Waals surface area (Å²) in [6.07, 6.45) is 0.578. The van der Waals surface area contributed by atoms with E-state index in [4.69, 9.17) is 15.2 Å². The second-order valence-electron chi connectivity index (χ2n) is 4.37. The van der Waals surface area contributed by atoms with E-state index in [9.17, 15) is 4.79 Å². The van der Waals surface area contributed by atoms with E-state index in [0.29, 0.717) is 0 Å². The molecule has 2 atom stereocenters. The molecule has 0 spiro atoms. The molecule has 2 rings (SSSR count). The Morgan fingerprint density at radius 2 is 2.29 bits per heavy atom. The number of nitrogens with two attached hydrogens (primary N) is 1. The van der Waals surface area contributed by atoms with Crippen LogP contribution in [0.1, 0.15) is 24.2 Å². The SMILES string of the molecule is COc1ccc2c(c1)CC(N)C2OCC(C)=O. The van der Waals surface area contributed by atoms with E-state index in [1.807, 2.05) is 18.2 Å². The quantitative estimate of drug-likeness (QED) is 0.852. The molecule has 0 saturated heterocycles. The monoisotopic (exact) mass is 235 g/mol. The molecular formula is C13H17NO3. The van der Waals surface area contributed by atoms with Crippen molar-refractivity contribution in [2.75, 3.05) is 13.7 Å². The van der Waals surface area contributed by atoms with Crippen molar-refractivity contribution in [2.45, 2.75) is 25.5 Å². The molecule has 4 nitrogen and oxygen atoms in total. The molecule has 0 aliphatic heterocycles. The van der Waals surface area contributed by atoms with Crippen molar-refractivity contribution in [3.8, 4) is 5.75 Å². The van der Waals surface area contributed by atoms with Gasteiger partial charge in [0.25, 0.3) is 0 Å². The number of hydrogen-bond donors (Lipinski definition) is 1. The number of benzene rings is 1. The fourth-order valence-corrected chi connectivity index (χ4v) is 2.18. The van der Waals surface area contributed by atoms with Gasteiger partial charge in [0.1, 0.15) is 12.4 Å². The van der Waals surface area contributed by atoms with Gasteiger partial charge >= 0.3 is 0 Å². The van der Waals surface area contributed by atoms with E-state index in [1.54, 1.807) is 7.11 Å². The predicted octanol–water partition coefficient (Wildman–Crippen LogP) is 1.23.